The second-order valence-corrected chi connectivity index (χ2v) is 3.50. The minimum Gasteiger partial charge on any atom is -0.398 e. The molecule has 0 aliphatic heterocycles. The average Bonchev–Trinajstić information content (AvgIpc) is 2.01. The fourth-order valence-corrected chi connectivity index (χ4v) is 1.78. The molecule has 72 valence electrons. The van der Waals surface area contributed by atoms with E-state index in [1.165, 1.54) is 11.6 Å². The Morgan fingerprint density at radius 1 is 1.29 bits per heavy atom. The van der Waals surface area contributed by atoms with Gasteiger partial charge in [0.05, 0.1) is 6.07 Å². The summed E-state index contributed by atoms with van der Waals surface area (Å²) in [5, 5.41) is 8.53. The van der Waals surface area contributed by atoms with Gasteiger partial charge in [-0.1, -0.05) is 17.7 Å². The van der Waals surface area contributed by atoms with Gasteiger partial charge in [-0.3, -0.25) is 0 Å². The highest BCUT2D eigenvalue weighted by Gasteiger charge is 2.05. The predicted octanol–water partition coefficient (Wildman–Crippen LogP) is 2.44. The second kappa shape index (κ2) is 3.97. The van der Waals surface area contributed by atoms with Gasteiger partial charge in [0.1, 0.15) is 0 Å². The van der Waals surface area contributed by atoms with Crippen molar-refractivity contribution in [3.8, 4) is 6.07 Å². The van der Waals surface area contributed by atoms with E-state index in [1.54, 1.807) is 0 Å². The summed E-state index contributed by atoms with van der Waals surface area (Å²) in [6.07, 6.45) is 1.38. The molecule has 14 heavy (non-hydrogen) atoms. The summed E-state index contributed by atoms with van der Waals surface area (Å²) >= 11 is 0. The summed E-state index contributed by atoms with van der Waals surface area (Å²) in [5.41, 5.74) is 10.8. The number of nitrogens with two attached hydrogens (primary N) is 1. The Balaban J connectivity index is 3.37. The van der Waals surface area contributed by atoms with Crippen LogP contribution in [0.1, 0.15) is 22.3 Å². The summed E-state index contributed by atoms with van der Waals surface area (Å²) in [7, 11) is 0. The van der Waals surface area contributed by atoms with E-state index in [0.29, 0.717) is 5.70 Å². The molecule has 2 heteroatoms. The van der Waals surface area contributed by atoms with Crippen LogP contribution in [-0.2, 0) is 0 Å². The van der Waals surface area contributed by atoms with Crippen molar-refractivity contribution in [3.05, 3.63) is 40.5 Å². The van der Waals surface area contributed by atoms with Crippen molar-refractivity contribution in [1.82, 2.24) is 0 Å². The van der Waals surface area contributed by atoms with Crippen LogP contribution < -0.4 is 5.73 Å². The minimum atomic E-state index is 0.544. The van der Waals surface area contributed by atoms with E-state index in [0.717, 1.165) is 16.7 Å². The van der Waals surface area contributed by atoms with Crippen LogP contribution in [0.3, 0.4) is 0 Å². The van der Waals surface area contributed by atoms with Gasteiger partial charge in [0.15, 0.2) is 0 Å². The maximum absolute atomic E-state index is 8.53. The highest BCUT2D eigenvalue weighted by molar-refractivity contribution is 5.70. The molecule has 1 aromatic rings. The lowest BCUT2D eigenvalue weighted by molar-refractivity contribution is 1.27. The highest BCUT2D eigenvalue weighted by Crippen LogP contribution is 2.20. The zero-order valence-corrected chi connectivity index (χ0v) is 8.76. The lowest BCUT2D eigenvalue weighted by Gasteiger charge is -2.10. The molecule has 2 nitrogen and oxygen atoms in total. The number of nitriles is 1. The molecule has 0 saturated carbocycles. The van der Waals surface area contributed by atoms with Gasteiger partial charge >= 0.3 is 0 Å². The molecule has 0 radical (unpaired) electrons. The van der Waals surface area contributed by atoms with Crippen molar-refractivity contribution in [2.45, 2.75) is 20.8 Å². The molecule has 0 amide bonds. The normalized spacial score (nSPS) is 11.1. The molecule has 2 N–H and O–H groups in total. The molecule has 0 atom stereocenters. The van der Waals surface area contributed by atoms with E-state index in [-0.39, 0.29) is 0 Å². The van der Waals surface area contributed by atoms with Gasteiger partial charge < -0.3 is 5.73 Å². The summed E-state index contributed by atoms with van der Waals surface area (Å²) in [6, 6.07) is 6.09. The third-order valence-electron chi connectivity index (χ3n) is 2.19. The van der Waals surface area contributed by atoms with Crippen molar-refractivity contribution < 1.29 is 0 Å². The molecule has 0 saturated heterocycles. The van der Waals surface area contributed by atoms with Crippen LogP contribution in [-0.4, -0.2) is 0 Å². The monoisotopic (exact) mass is 186 g/mol. The quantitative estimate of drug-likeness (QED) is 0.685. The third kappa shape index (κ3) is 1.94. The van der Waals surface area contributed by atoms with Gasteiger partial charge in [-0.05, 0) is 31.9 Å². The van der Waals surface area contributed by atoms with Crippen molar-refractivity contribution in [2.24, 2.45) is 5.73 Å². The van der Waals surface area contributed by atoms with Crippen molar-refractivity contribution in [1.29, 1.82) is 5.26 Å². The molecule has 0 spiro atoms. The number of hydrogen-bond donors (Lipinski definition) is 1. The van der Waals surface area contributed by atoms with Crippen LogP contribution in [0.15, 0.2) is 18.2 Å². The second-order valence-electron chi connectivity index (χ2n) is 3.50. The van der Waals surface area contributed by atoms with Gasteiger partial charge in [-0.2, -0.15) is 5.26 Å². The number of aryl methyl sites for hydroxylation is 3. The molecule has 1 aromatic carbocycles. The molecule has 0 aliphatic carbocycles. The SMILES string of the molecule is Cc1cc(C)c(C(N)=CC#N)c(C)c1. The van der Waals surface area contributed by atoms with Crippen LogP contribution in [0.4, 0.5) is 0 Å². The van der Waals surface area contributed by atoms with Crippen LogP contribution in [0.5, 0.6) is 0 Å². The molecule has 0 heterocycles. The molecule has 0 bridgehead atoms. The van der Waals surface area contributed by atoms with E-state index < -0.39 is 0 Å². The third-order valence-corrected chi connectivity index (χ3v) is 2.19. The molecular formula is C12H14N2. The summed E-state index contributed by atoms with van der Waals surface area (Å²) in [6.45, 7) is 6.06. The molecular weight excluding hydrogens is 172 g/mol. The zero-order valence-electron chi connectivity index (χ0n) is 8.76. The molecule has 0 aromatic heterocycles. The summed E-state index contributed by atoms with van der Waals surface area (Å²) < 4.78 is 0. The maximum Gasteiger partial charge on any atom is 0.0933 e. The average molecular weight is 186 g/mol. The van der Waals surface area contributed by atoms with E-state index >= 15 is 0 Å². The lowest BCUT2D eigenvalue weighted by atomic mass is 9.97. The lowest BCUT2D eigenvalue weighted by Crippen LogP contribution is -2.01. The van der Waals surface area contributed by atoms with Crippen LogP contribution in [0, 0.1) is 32.1 Å². The minimum absolute atomic E-state index is 0.544. The van der Waals surface area contributed by atoms with Crippen LogP contribution in [0.2, 0.25) is 0 Å². The number of benzene rings is 1. The van der Waals surface area contributed by atoms with E-state index in [1.807, 2.05) is 26.8 Å². The Bertz CT molecular complexity index is 399. The molecule has 1 rings (SSSR count). The fraction of sp³-hybridized carbons (Fsp3) is 0.250. The van der Waals surface area contributed by atoms with E-state index in [4.69, 9.17) is 11.0 Å². The largest absolute Gasteiger partial charge is 0.398 e. The summed E-state index contributed by atoms with van der Waals surface area (Å²) in [4.78, 5) is 0. The first-order valence-electron chi connectivity index (χ1n) is 4.49. The first-order chi connectivity index (χ1) is 6.56. The van der Waals surface area contributed by atoms with Crippen molar-refractivity contribution in [3.63, 3.8) is 0 Å². The Morgan fingerprint density at radius 2 is 1.79 bits per heavy atom. The number of hydrogen-bond acceptors (Lipinski definition) is 2. The van der Waals surface area contributed by atoms with Gasteiger partial charge in [-0.15, -0.1) is 0 Å². The number of rotatable bonds is 1. The smallest absolute Gasteiger partial charge is 0.0933 e. The standard InChI is InChI=1S/C12H14N2/c1-8-6-9(2)12(10(3)7-8)11(14)4-5-13/h4,6-7H,14H2,1-3H3. The Morgan fingerprint density at radius 3 is 2.21 bits per heavy atom. The zero-order chi connectivity index (χ0) is 10.7. The van der Waals surface area contributed by atoms with E-state index in [2.05, 4.69) is 12.1 Å². The Hall–Kier alpha value is -1.75. The van der Waals surface area contributed by atoms with Gasteiger partial charge in [0.25, 0.3) is 0 Å². The number of nitrogens with zero attached hydrogens (tertiary/aromatic N) is 1. The van der Waals surface area contributed by atoms with Crippen molar-refractivity contribution >= 4 is 5.70 Å². The molecule has 0 fully saturated rings. The maximum atomic E-state index is 8.53. The highest BCUT2D eigenvalue weighted by atomic mass is 14.6. The van der Waals surface area contributed by atoms with Gasteiger partial charge in [0.2, 0.25) is 0 Å². The Labute approximate surface area is 84.7 Å². The molecule has 0 unspecified atom stereocenters. The van der Waals surface area contributed by atoms with Crippen LogP contribution in [0.25, 0.3) is 5.70 Å². The Kier molecular flexibility index (Phi) is 2.93. The van der Waals surface area contributed by atoms with Gasteiger partial charge in [-0.25, -0.2) is 0 Å². The first-order valence-corrected chi connectivity index (χ1v) is 4.49. The predicted molar refractivity (Wildman–Crippen MR) is 58.4 cm³/mol. The van der Waals surface area contributed by atoms with Crippen molar-refractivity contribution in [2.75, 3.05) is 0 Å². The van der Waals surface area contributed by atoms with Crippen LogP contribution >= 0.6 is 0 Å². The first kappa shape index (κ1) is 10.3. The summed E-state index contributed by atoms with van der Waals surface area (Å²) in [5.74, 6) is 0. The topological polar surface area (TPSA) is 49.8 Å². The van der Waals surface area contributed by atoms with E-state index in [9.17, 15) is 0 Å². The molecule has 0 aliphatic rings. The fourth-order valence-electron chi connectivity index (χ4n) is 1.78. The van der Waals surface area contributed by atoms with Gasteiger partial charge in [0, 0.05) is 17.3 Å². The number of allylic oxidation sites excluding steroid dienone is 1.